The van der Waals surface area contributed by atoms with Gasteiger partial charge in [-0.25, -0.2) is 14.4 Å². The molecule has 3 aromatic heterocycles. The van der Waals surface area contributed by atoms with E-state index in [0.29, 0.717) is 11.5 Å². The summed E-state index contributed by atoms with van der Waals surface area (Å²) < 4.78 is 13.3. The quantitative estimate of drug-likeness (QED) is 0.366. The standard InChI is InChI=1S/C20H12FN5OS/c21-12-7-5-11(6-8-12)14-9-28-20-16(14)18(22-10-23-20)26-25-17-13-3-1-2-4-15(13)24-19(17)27/h1-10,24,27H. The van der Waals surface area contributed by atoms with Crippen LogP contribution >= 0.6 is 11.3 Å². The molecule has 0 atom stereocenters. The van der Waals surface area contributed by atoms with E-state index in [0.717, 1.165) is 32.2 Å². The van der Waals surface area contributed by atoms with E-state index in [1.807, 2.05) is 29.6 Å². The van der Waals surface area contributed by atoms with Crippen LogP contribution in [-0.4, -0.2) is 20.1 Å². The Bertz CT molecular complexity index is 1340. The molecule has 136 valence electrons. The molecule has 0 aliphatic carbocycles. The highest BCUT2D eigenvalue weighted by molar-refractivity contribution is 7.17. The summed E-state index contributed by atoms with van der Waals surface area (Å²) in [4.78, 5) is 12.2. The summed E-state index contributed by atoms with van der Waals surface area (Å²) in [7, 11) is 0. The summed E-state index contributed by atoms with van der Waals surface area (Å²) >= 11 is 1.45. The summed E-state index contributed by atoms with van der Waals surface area (Å²) in [6.07, 6.45) is 1.43. The molecule has 0 radical (unpaired) electrons. The molecule has 5 rings (SSSR count). The van der Waals surface area contributed by atoms with Gasteiger partial charge in [-0.05, 0) is 23.8 Å². The van der Waals surface area contributed by atoms with Gasteiger partial charge in [-0.2, -0.15) is 0 Å². The lowest BCUT2D eigenvalue weighted by molar-refractivity contribution is 0.459. The molecule has 0 unspecified atom stereocenters. The van der Waals surface area contributed by atoms with Gasteiger partial charge in [0.1, 0.15) is 17.0 Å². The van der Waals surface area contributed by atoms with Crippen LogP contribution in [0.5, 0.6) is 5.88 Å². The minimum atomic E-state index is -0.297. The number of halogens is 1. The van der Waals surface area contributed by atoms with E-state index in [-0.39, 0.29) is 11.7 Å². The normalized spacial score (nSPS) is 11.8. The van der Waals surface area contributed by atoms with Gasteiger partial charge < -0.3 is 10.1 Å². The molecule has 0 amide bonds. The van der Waals surface area contributed by atoms with Gasteiger partial charge in [-0.15, -0.1) is 21.6 Å². The van der Waals surface area contributed by atoms with Gasteiger partial charge in [0.05, 0.1) is 10.9 Å². The zero-order valence-corrected chi connectivity index (χ0v) is 15.1. The monoisotopic (exact) mass is 389 g/mol. The van der Waals surface area contributed by atoms with Crippen molar-refractivity contribution in [1.82, 2.24) is 15.0 Å². The molecule has 0 fully saturated rings. The Hall–Kier alpha value is -3.65. The van der Waals surface area contributed by atoms with Crippen molar-refractivity contribution in [2.45, 2.75) is 0 Å². The van der Waals surface area contributed by atoms with Crippen LogP contribution in [0.25, 0.3) is 32.2 Å². The van der Waals surface area contributed by atoms with Crippen LogP contribution < -0.4 is 0 Å². The maximum absolute atomic E-state index is 13.3. The Morgan fingerprint density at radius 2 is 1.82 bits per heavy atom. The molecule has 8 heteroatoms. The number of azo groups is 1. The lowest BCUT2D eigenvalue weighted by Crippen LogP contribution is -1.82. The van der Waals surface area contributed by atoms with Gasteiger partial charge in [-0.3, -0.25) is 0 Å². The third-order valence-corrected chi connectivity index (χ3v) is 5.30. The molecule has 28 heavy (non-hydrogen) atoms. The van der Waals surface area contributed by atoms with Crippen molar-refractivity contribution in [3.05, 3.63) is 66.1 Å². The van der Waals surface area contributed by atoms with E-state index in [2.05, 4.69) is 25.2 Å². The average molecular weight is 389 g/mol. The van der Waals surface area contributed by atoms with Crippen molar-refractivity contribution >= 4 is 44.0 Å². The maximum atomic E-state index is 13.3. The Labute approximate surface area is 162 Å². The molecule has 0 bridgehead atoms. The third-order valence-electron chi connectivity index (χ3n) is 4.41. The van der Waals surface area contributed by atoms with Crippen molar-refractivity contribution in [3.63, 3.8) is 0 Å². The number of para-hydroxylation sites is 1. The van der Waals surface area contributed by atoms with E-state index < -0.39 is 0 Å². The Morgan fingerprint density at radius 1 is 1.00 bits per heavy atom. The molecular weight excluding hydrogens is 377 g/mol. The number of rotatable bonds is 3. The summed E-state index contributed by atoms with van der Waals surface area (Å²) in [5, 5.41) is 22.1. The molecular formula is C20H12FN5OS. The van der Waals surface area contributed by atoms with Crippen LogP contribution in [0.2, 0.25) is 0 Å². The fraction of sp³-hybridized carbons (Fsp3) is 0. The van der Waals surface area contributed by atoms with Crippen molar-refractivity contribution < 1.29 is 9.50 Å². The van der Waals surface area contributed by atoms with E-state index in [1.54, 1.807) is 12.1 Å². The molecule has 2 aromatic carbocycles. The van der Waals surface area contributed by atoms with Crippen LogP contribution in [0.15, 0.2) is 70.5 Å². The number of thiophene rings is 1. The summed E-state index contributed by atoms with van der Waals surface area (Å²) in [5.41, 5.74) is 2.82. The maximum Gasteiger partial charge on any atom is 0.218 e. The van der Waals surface area contributed by atoms with Gasteiger partial charge >= 0.3 is 0 Å². The number of aromatic hydroxyl groups is 1. The second-order valence-corrected chi connectivity index (χ2v) is 6.96. The predicted molar refractivity (Wildman–Crippen MR) is 107 cm³/mol. The van der Waals surface area contributed by atoms with Crippen LogP contribution in [0.1, 0.15) is 0 Å². The summed E-state index contributed by atoms with van der Waals surface area (Å²) in [6.45, 7) is 0. The number of fused-ring (bicyclic) bond motifs is 2. The van der Waals surface area contributed by atoms with Crippen molar-refractivity contribution in [3.8, 4) is 17.0 Å². The first-order valence-corrected chi connectivity index (χ1v) is 9.28. The lowest BCUT2D eigenvalue weighted by Gasteiger charge is -2.01. The number of H-pyrrole nitrogens is 1. The molecule has 2 N–H and O–H groups in total. The third kappa shape index (κ3) is 2.71. The highest BCUT2D eigenvalue weighted by Crippen LogP contribution is 2.40. The van der Waals surface area contributed by atoms with Crippen LogP contribution in [0.3, 0.4) is 0 Å². The largest absolute Gasteiger partial charge is 0.493 e. The van der Waals surface area contributed by atoms with Crippen LogP contribution in [0, 0.1) is 5.82 Å². The van der Waals surface area contributed by atoms with Crippen molar-refractivity contribution in [2.24, 2.45) is 10.2 Å². The van der Waals surface area contributed by atoms with Crippen molar-refractivity contribution in [2.75, 3.05) is 0 Å². The number of hydrogen-bond acceptors (Lipinski definition) is 6. The SMILES string of the molecule is Oc1[nH]c2ccccc2c1N=Nc1ncnc2scc(-c3ccc(F)cc3)c12. The second-order valence-electron chi connectivity index (χ2n) is 6.10. The zero-order valence-electron chi connectivity index (χ0n) is 14.3. The van der Waals surface area contributed by atoms with E-state index in [4.69, 9.17) is 0 Å². The first kappa shape index (κ1) is 16.5. The minimum Gasteiger partial charge on any atom is -0.493 e. The van der Waals surface area contributed by atoms with E-state index >= 15 is 0 Å². The first-order valence-electron chi connectivity index (χ1n) is 8.40. The highest BCUT2D eigenvalue weighted by Gasteiger charge is 2.14. The Balaban J connectivity index is 1.65. The summed E-state index contributed by atoms with van der Waals surface area (Å²) in [6, 6.07) is 13.7. The number of benzene rings is 2. The van der Waals surface area contributed by atoms with Gasteiger partial charge in [0.25, 0.3) is 0 Å². The first-order chi connectivity index (χ1) is 13.7. The Kier molecular flexibility index (Phi) is 3.84. The minimum absolute atomic E-state index is 0.0562. The zero-order chi connectivity index (χ0) is 19.1. The highest BCUT2D eigenvalue weighted by atomic mass is 32.1. The molecule has 0 aliphatic heterocycles. The molecule has 0 saturated heterocycles. The Morgan fingerprint density at radius 3 is 2.68 bits per heavy atom. The molecule has 5 aromatic rings. The number of nitrogens with zero attached hydrogens (tertiary/aromatic N) is 4. The number of aromatic nitrogens is 3. The van der Waals surface area contributed by atoms with Gasteiger partial charge in [-0.1, -0.05) is 30.3 Å². The number of hydrogen-bond donors (Lipinski definition) is 2. The molecule has 0 saturated carbocycles. The van der Waals surface area contributed by atoms with Crippen LogP contribution in [0.4, 0.5) is 15.9 Å². The average Bonchev–Trinajstić information content (AvgIpc) is 3.28. The summed E-state index contributed by atoms with van der Waals surface area (Å²) in [5.74, 6) is 0.0313. The van der Waals surface area contributed by atoms with E-state index in [9.17, 15) is 9.50 Å². The van der Waals surface area contributed by atoms with Gasteiger partial charge in [0.15, 0.2) is 11.5 Å². The van der Waals surface area contributed by atoms with Crippen molar-refractivity contribution in [1.29, 1.82) is 0 Å². The van der Waals surface area contributed by atoms with Crippen LogP contribution in [-0.2, 0) is 0 Å². The molecule has 6 nitrogen and oxygen atoms in total. The fourth-order valence-corrected chi connectivity index (χ4v) is 4.00. The number of nitrogens with one attached hydrogen (secondary N) is 1. The van der Waals surface area contributed by atoms with Gasteiger partial charge in [0.2, 0.25) is 5.88 Å². The fourth-order valence-electron chi connectivity index (χ4n) is 3.09. The van der Waals surface area contributed by atoms with Gasteiger partial charge in [0, 0.05) is 16.3 Å². The smallest absolute Gasteiger partial charge is 0.218 e. The lowest BCUT2D eigenvalue weighted by atomic mass is 10.1. The predicted octanol–water partition coefficient (Wildman–Crippen LogP) is 6.10. The second kappa shape index (κ2) is 6.50. The number of aromatic amines is 1. The molecule has 3 heterocycles. The topological polar surface area (TPSA) is 86.5 Å². The van der Waals surface area contributed by atoms with E-state index in [1.165, 1.54) is 29.8 Å². The molecule has 0 aliphatic rings. The molecule has 0 spiro atoms.